The lowest BCUT2D eigenvalue weighted by atomic mass is 10.0. The number of carbonyl (C=O) groups excluding carboxylic acids is 2. The number of hydrogen-bond acceptors (Lipinski definition) is 3. The number of amides is 1. The van der Waals surface area contributed by atoms with Crippen LogP contribution in [0.3, 0.4) is 0 Å². The molecule has 0 saturated carbocycles. The van der Waals surface area contributed by atoms with Gasteiger partial charge in [0.1, 0.15) is 6.04 Å². The number of rotatable bonds is 4. The van der Waals surface area contributed by atoms with Crippen molar-refractivity contribution in [3.8, 4) is 0 Å². The Hall–Kier alpha value is -1.84. The zero-order valence-corrected chi connectivity index (χ0v) is 13.0. The lowest BCUT2D eigenvalue weighted by Crippen LogP contribution is -2.42. The van der Waals surface area contributed by atoms with Gasteiger partial charge in [-0.25, -0.2) is 4.79 Å². The highest BCUT2D eigenvalue weighted by Crippen LogP contribution is 2.21. The van der Waals surface area contributed by atoms with Gasteiger partial charge >= 0.3 is 5.97 Å². The third kappa shape index (κ3) is 3.63. The van der Waals surface area contributed by atoms with Gasteiger partial charge in [-0.2, -0.15) is 0 Å². The zero-order valence-electron chi connectivity index (χ0n) is 13.0. The Labute approximate surface area is 126 Å². The Kier molecular flexibility index (Phi) is 4.99. The maximum Gasteiger partial charge on any atom is 0.328 e. The van der Waals surface area contributed by atoms with Gasteiger partial charge in [0, 0.05) is 6.54 Å². The molecule has 114 valence electrons. The summed E-state index contributed by atoms with van der Waals surface area (Å²) in [5.41, 5.74) is 3.29. The topological polar surface area (TPSA) is 46.6 Å². The molecular formula is C17H23NO3. The normalized spacial score (nSPS) is 17.9. The van der Waals surface area contributed by atoms with Crippen molar-refractivity contribution in [2.24, 2.45) is 0 Å². The zero-order chi connectivity index (χ0) is 15.4. The van der Waals surface area contributed by atoms with Crippen LogP contribution >= 0.6 is 0 Å². The number of benzene rings is 1. The lowest BCUT2D eigenvalue weighted by Gasteiger charge is -2.23. The first-order valence-corrected chi connectivity index (χ1v) is 7.55. The number of likely N-dealkylation sites (tertiary alicyclic amines) is 1. The molecule has 1 aromatic carbocycles. The van der Waals surface area contributed by atoms with Gasteiger partial charge in [-0.3, -0.25) is 4.79 Å². The fraction of sp³-hybridized carbons (Fsp3) is 0.529. The van der Waals surface area contributed by atoms with Gasteiger partial charge < -0.3 is 9.64 Å². The molecule has 4 nitrogen and oxygen atoms in total. The minimum Gasteiger partial charge on any atom is -0.464 e. The Bertz CT molecular complexity index is 539. The van der Waals surface area contributed by atoms with Gasteiger partial charge in [-0.1, -0.05) is 23.8 Å². The van der Waals surface area contributed by atoms with Crippen molar-refractivity contribution in [1.29, 1.82) is 0 Å². The van der Waals surface area contributed by atoms with Gasteiger partial charge in [0.15, 0.2) is 0 Å². The highest BCUT2D eigenvalue weighted by molar-refractivity contribution is 5.86. The quantitative estimate of drug-likeness (QED) is 0.800. The van der Waals surface area contributed by atoms with E-state index in [1.54, 1.807) is 11.8 Å². The third-order valence-electron chi connectivity index (χ3n) is 3.98. The van der Waals surface area contributed by atoms with E-state index in [-0.39, 0.29) is 11.9 Å². The smallest absolute Gasteiger partial charge is 0.328 e. The number of nitrogens with zero attached hydrogens (tertiary/aromatic N) is 1. The van der Waals surface area contributed by atoms with Crippen LogP contribution in [0.5, 0.6) is 0 Å². The summed E-state index contributed by atoms with van der Waals surface area (Å²) in [4.78, 5) is 26.1. The molecule has 0 bridgehead atoms. The Balaban J connectivity index is 2.08. The molecule has 0 spiro atoms. The minimum absolute atomic E-state index is 0.0132. The van der Waals surface area contributed by atoms with E-state index in [2.05, 4.69) is 0 Å². The van der Waals surface area contributed by atoms with Crippen molar-refractivity contribution in [2.45, 2.75) is 46.1 Å². The molecule has 0 N–H and O–H groups in total. The maximum absolute atomic E-state index is 12.5. The van der Waals surface area contributed by atoms with Gasteiger partial charge in [0.25, 0.3) is 0 Å². The number of carbonyl (C=O) groups is 2. The van der Waals surface area contributed by atoms with E-state index in [1.807, 2.05) is 32.0 Å². The predicted octanol–water partition coefficient (Wildman–Crippen LogP) is 2.40. The Morgan fingerprint density at radius 1 is 1.33 bits per heavy atom. The Morgan fingerprint density at radius 3 is 2.81 bits per heavy atom. The van der Waals surface area contributed by atoms with Crippen LogP contribution in [0, 0.1) is 13.8 Å². The van der Waals surface area contributed by atoms with Gasteiger partial charge in [0.05, 0.1) is 13.0 Å². The number of aryl methyl sites for hydroxylation is 2. The third-order valence-corrected chi connectivity index (χ3v) is 3.98. The van der Waals surface area contributed by atoms with Crippen molar-refractivity contribution in [3.63, 3.8) is 0 Å². The monoisotopic (exact) mass is 289 g/mol. The average Bonchev–Trinajstić information content (AvgIpc) is 2.92. The van der Waals surface area contributed by atoms with E-state index in [0.29, 0.717) is 26.0 Å². The molecule has 1 aliphatic heterocycles. The molecule has 1 aromatic rings. The summed E-state index contributed by atoms with van der Waals surface area (Å²) in [6.45, 7) is 6.82. The molecular weight excluding hydrogens is 266 g/mol. The number of ether oxygens (including phenoxy) is 1. The summed E-state index contributed by atoms with van der Waals surface area (Å²) < 4.78 is 5.07. The first kappa shape index (κ1) is 15.5. The summed E-state index contributed by atoms with van der Waals surface area (Å²) in [6, 6.07) is 5.72. The molecule has 1 amide bonds. The van der Waals surface area contributed by atoms with Crippen LogP contribution in [0.4, 0.5) is 0 Å². The SMILES string of the molecule is CCOC(=O)C1CCCN1C(=O)Cc1cc(C)ccc1C. The van der Waals surface area contributed by atoms with Gasteiger partial charge in [0.2, 0.25) is 5.91 Å². The van der Waals surface area contributed by atoms with Gasteiger partial charge in [-0.05, 0) is 44.7 Å². The van der Waals surface area contributed by atoms with Crippen LogP contribution in [-0.2, 0) is 20.7 Å². The fourth-order valence-corrected chi connectivity index (χ4v) is 2.80. The molecule has 0 aromatic heterocycles. The summed E-state index contributed by atoms with van der Waals surface area (Å²) in [7, 11) is 0. The molecule has 4 heteroatoms. The molecule has 1 fully saturated rings. The second-order valence-electron chi connectivity index (χ2n) is 5.60. The standard InChI is InChI=1S/C17H23NO3/c1-4-21-17(20)15-6-5-9-18(15)16(19)11-14-10-12(2)7-8-13(14)3/h7-8,10,15H,4-6,9,11H2,1-3H3. The second kappa shape index (κ2) is 6.74. The summed E-state index contributed by atoms with van der Waals surface area (Å²) in [5.74, 6) is -0.261. The van der Waals surface area contributed by atoms with Crippen LogP contribution in [0.25, 0.3) is 0 Å². The highest BCUT2D eigenvalue weighted by atomic mass is 16.5. The molecule has 1 saturated heterocycles. The van der Waals surface area contributed by atoms with Crippen molar-refractivity contribution in [3.05, 3.63) is 34.9 Å². The fourth-order valence-electron chi connectivity index (χ4n) is 2.80. The van der Waals surface area contributed by atoms with Crippen LogP contribution in [-0.4, -0.2) is 36.0 Å². The number of esters is 1. The second-order valence-corrected chi connectivity index (χ2v) is 5.60. The highest BCUT2D eigenvalue weighted by Gasteiger charge is 2.34. The molecule has 1 heterocycles. The maximum atomic E-state index is 12.5. The van der Waals surface area contributed by atoms with Crippen LogP contribution < -0.4 is 0 Å². The largest absolute Gasteiger partial charge is 0.464 e. The minimum atomic E-state index is -0.400. The number of hydrogen-bond donors (Lipinski definition) is 0. The lowest BCUT2D eigenvalue weighted by molar-refractivity contribution is -0.152. The van der Waals surface area contributed by atoms with Crippen LogP contribution in [0.1, 0.15) is 36.5 Å². The van der Waals surface area contributed by atoms with E-state index in [1.165, 1.54) is 0 Å². The molecule has 2 rings (SSSR count). The Morgan fingerprint density at radius 2 is 2.10 bits per heavy atom. The van der Waals surface area contributed by atoms with Crippen LogP contribution in [0.15, 0.2) is 18.2 Å². The van der Waals surface area contributed by atoms with E-state index in [0.717, 1.165) is 23.1 Å². The van der Waals surface area contributed by atoms with E-state index in [9.17, 15) is 9.59 Å². The van der Waals surface area contributed by atoms with Crippen LogP contribution in [0.2, 0.25) is 0 Å². The van der Waals surface area contributed by atoms with E-state index in [4.69, 9.17) is 4.74 Å². The first-order chi connectivity index (χ1) is 10.0. The summed E-state index contributed by atoms with van der Waals surface area (Å²) in [5, 5.41) is 0. The summed E-state index contributed by atoms with van der Waals surface area (Å²) in [6.07, 6.45) is 1.92. The van der Waals surface area contributed by atoms with Gasteiger partial charge in [-0.15, -0.1) is 0 Å². The molecule has 0 radical (unpaired) electrons. The molecule has 1 unspecified atom stereocenters. The average molecular weight is 289 g/mol. The van der Waals surface area contributed by atoms with E-state index < -0.39 is 6.04 Å². The van der Waals surface area contributed by atoms with Crippen molar-refractivity contribution in [1.82, 2.24) is 4.90 Å². The van der Waals surface area contributed by atoms with Crippen molar-refractivity contribution in [2.75, 3.05) is 13.2 Å². The molecule has 0 aliphatic carbocycles. The predicted molar refractivity (Wildman–Crippen MR) is 81.0 cm³/mol. The summed E-state index contributed by atoms with van der Waals surface area (Å²) >= 11 is 0. The molecule has 1 atom stereocenters. The molecule has 1 aliphatic rings. The first-order valence-electron chi connectivity index (χ1n) is 7.55. The van der Waals surface area contributed by atoms with E-state index >= 15 is 0 Å². The van der Waals surface area contributed by atoms with Crippen molar-refractivity contribution >= 4 is 11.9 Å². The molecule has 21 heavy (non-hydrogen) atoms. The van der Waals surface area contributed by atoms with Crippen molar-refractivity contribution < 1.29 is 14.3 Å².